The van der Waals surface area contributed by atoms with Crippen molar-refractivity contribution < 1.29 is 14.3 Å². The van der Waals surface area contributed by atoms with E-state index in [1.165, 1.54) is 10.9 Å². The number of amides is 1. The highest BCUT2D eigenvalue weighted by Gasteiger charge is 2.23. The van der Waals surface area contributed by atoms with Gasteiger partial charge in [0.2, 0.25) is 5.91 Å². The predicted molar refractivity (Wildman–Crippen MR) is 99.6 cm³/mol. The molecular formula is C18H23N3O4S. The summed E-state index contributed by atoms with van der Waals surface area (Å²) in [7, 11) is 0. The number of likely N-dealkylation sites (tertiary alicyclic amines) is 1. The molecule has 8 heteroatoms. The molecule has 3 rings (SSSR count). The first kappa shape index (κ1) is 18.6. The second kappa shape index (κ2) is 7.57. The summed E-state index contributed by atoms with van der Waals surface area (Å²) in [5.41, 5.74) is 0.276. The first-order valence-electron chi connectivity index (χ1n) is 8.82. The molecule has 0 aromatic carbocycles. The number of hydrogen-bond acceptors (Lipinski definition) is 6. The zero-order valence-corrected chi connectivity index (χ0v) is 16.1. The lowest BCUT2D eigenvalue weighted by molar-refractivity contribution is -0.130. The lowest BCUT2D eigenvalue weighted by Gasteiger charge is -2.15. The lowest BCUT2D eigenvalue weighted by atomic mass is 10.2. The molecule has 2 aromatic heterocycles. The normalized spacial score (nSPS) is 14.4. The zero-order valence-electron chi connectivity index (χ0n) is 15.3. The largest absolute Gasteiger partial charge is 0.461 e. The molecule has 0 aliphatic carbocycles. The number of esters is 1. The minimum atomic E-state index is -0.432. The Morgan fingerprint density at radius 3 is 2.65 bits per heavy atom. The van der Waals surface area contributed by atoms with E-state index in [0.717, 1.165) is 37.3 Å². The van der Waals surface area contributed by atoms with Gasteiger partial charge in [0.15, 0.2) is 0 Å². The first-order valence-corrected chi connectivity index (χ1v) is 9.63. The van der Waals surface area contributed by atoms with Crippen LogP contribution in [0.2, 0.25) is 0 Å². The molecule has 0 bridgehead atoms. The highest BCUT2D eigenvalue weighted by Crippen LogP contribution is 2.27. The summed E-state index contributed by atoms with van der Waals surface area (Å²) in [5.74, 6) is -0.269. The third-order valence-corrected chi connectivity index (χ3v) is 5.59. The molecule has 7 nitrogen and oxygen atoms in total. The third kappa shape index (κ3) is 3.65. The van der Waals surface area contributed by atoms with Crippen LogP contribution in [0.25, 0.3) is 10.2 Å². The van der Waals surface area contributed by atoms with E-state index in [-0.39, 0.29) is 23.9 Å². The molecule has 0 saturated carbocycles. The van der Waals surface area contributed by atoms with Crippen molar-refractivity contribution in [2.45, 2.75) is 40.2 Å². The van der Waals surface area contributed by atoms with Crippen LogP contribution in [0.3, 0.4) is 0 Å². The van der Waals surface area contributed by atoms with Gasteiger partial charge >= 0.3 is 5.97 Å². The molecule has 0 radical (unpaired) electrons. The number of ether oxygens (including phenoxy) is 1. The van der Waals surface area contributed by atoms with Gasteiger partial charge in [-0.2, -0.15) is 0 Å². The fraction of sp³-hybridized carbons (Fsp3) is 0.556. The van der Waals surface area contributed by atoms with E-state index in [9.17, 15) is 14.4 Å². The van der Waals surface area contributed by atoms with Gasteiger partial charge in [-0.3, -0.25) is 14.2 Å². The molecule has 0 N–H and O–H groups in total. The highest BCUT2D eigenvalue weighted by molar-refractivity contribution is 7.20. The van der Waals surface area contributed by atoms with Gasteiger partial charge in [-0.15, -0.1) is 11.3 Å². The Balaban J connectivity index is 1.88. The number of aryl methyl sites for hydroxylation is 1. The molecule has 0 atom stereocenters. The molecule has 0 spiro atoms. The van der Waals surface area contributed by atoms with Crippen LogP contribution in [-0.4, -0.2) is 46.0 Å². The molecule has 1 amide bonds. The van der Waals surface area contributed by atoms with Crippen molar-refractivity contribution in [3.8, 4) is 0 Å². The van der Waals surface area contributed by atoms with Crippen molar-refractivity contribution in [3.63, 3.8) is 0 Å². The molecule has 2 aromatic rings. The number of aromatic nitrogens is 2. The van der Waals surface area contributed by atoms with Gasteiger partial charge in [0, 0.05) is 13.1 Å². The van der Waals surface area contributed by atoms with E-state index in [1.54, 1.807) is 11.8 Å². The predicted octanol–water partition coefficient (Wildman–Crippen LogP) is 2.20. The summed E-state index contributed by atoms with van der Waals surface area (Å²) in [6.45, 7) is 7.43. The second-order valence-electron chi connectivity index (χ2n) is 6.99. The first-order chi connectivity index (χ1) is 12.4. The van der Waals surface area contributed by atoms with Crippen LogP contribution in [0.1, 0.15) is 41.9 Å². The van der Waals surface area contributed by atoms with Gasteiger partial charge in [0.25, 0.3) is 5.56 Å². The van der Waals surface area contributed by atoms with E-state index in [1.807, 2.05) is 13.8 Å². The molecule has 26 heavy (non-hydrogen) atoms. The number of carbonyl (C=O) groups is 2. The van der Waals surface area contributed by atoms with E-state index in [0.29, 0.717) is 27.3 Å². The Hall–Kier alpha value is -2.22. The van der Waals surface area contributed by atoms with Crippen molar-refractivity contribution in [2.24, 2.45) is 5.92 Å². The lowest BCUT2D eigenvalue weighted by Crippen LogP contribution is -2.34. The van der Waals surface area contributed by atoms with Gasteiger partial charge in [0.05, 0.1) is 18.3 Å². The molecule has 1 aliphatic rings. The van der Waals surface area contributed by atoms with Crippen LogP contribution >= 0.6 is 11.3 Å². The summed E-state index contributed by atoms with van der Waals surface area (Å²) in [4.78, 5) is 44.3. The monoisotopic (exact) mass is 377 g/mol. The van der Waals surface area contributed by atoms with Crippen LogP contribution in [0.5, 0.6) is 0 Å². The Kier molecular flexibility index (Phi) is 5.41. The van der Waals surface area contributed by atoms with Crippen LogP contribution in [0.4, 0.5) is 0 Å². The molecule has 0 unspecified atom stereocenters. The molecule has 3 heterocycles. The van der Waals surface area contributed by atoms with Gasteiger partial charge < -0.3 is 9.64 Å². The fourth-order valence-electron chi connectivity index (χ4n) is 2.99. The van der Waals surface area contributed by atoms with Crippen molar-refractivity contribution in [1.29, 1.82) is 0 Å². The number of thiophene rings is 1. The van der Waals surface area contributed by atoms with E-state index >= 15 is 0 Å². The third-order valence-electron chi connectivity index (χ3n) is 4.41. The molecule has 1 saturated heterocycles. The second-order valence-corrected chi connectivity index (χ2v) is 7.99. The minimum Gasteiger partial charge on any atom is -0.461 e. The minimum absolute atomic E-state index is 0.0236. The topological polar surface area (TPSA) is 81.5 Å². The fourth-order valence-corrected chi connectivity index (χ4v) is 4.02. The number of nitrogens with zero attached hydrogens (tertiary/aromatic N) is 3. The highest BCUT2D eigenvalue weighted by atomic mass is 32.1. The Labute approximate surface area is 155 Å². The SMILES string of the molecule is Cc1c(C(=O)OCC(C)C)sc2ncn(CC(=O)N3CCCC3)c(=O)c12. The average molecular weight is 377 g/mol. The summed E-state index contributed by atoms with van der Waals surface area (Å²) >= 11 is 1.16. The van der Waals surface area contributed by atoms with Gasteiger partial charge in [0.1, 0.15) is 16.3 Å². The summed E-state index contributed by atoms with van der Waals surface area (Å²) in [6.07, 6.45) is 3.39. The number of hydrogen-bond donors (Lipinski definition) is 0. The standard InChI is InChI=1S/C18H23N3O4S/c1-11(2)9-25-18(24)15-12(3)14-16(26-15)19-10-21(17(14)23)8-13(22)20-6-4-5-7-20/h10-11H,4-9H2,1-3H3. The van der Waals surface area contributed by atoms with Gasteiger partial charge in [-0.05, 0) is 31.2 Å². The Morgan fingerprint density at radius 2 is 2.00 bits per heavy atom. The van der Waals surface area contributed by atoms with Crippen molar-refractivity contribution >= 4 is 33.4 Å². The number of fused-ring (bicyclic) bond motifs is 1. The van der Waals surface area contributed by atoms with Crippen LogP contribution < -0.4 is 5.56 Å². The van der Waals surface area contributed by atoms with E-state index < -0.39 is 5.97 Å². The summed E-state index contributed by atoms with van der Waals surface area (Å²) < 4.78 is 6.60. The van der Waals surface area contributed by atoms with Crippen LogP contribution in [-0.2, 0) is 16.1 Å². The van der Waals surface area contributed by atoms with Gasteiger partial charge in [-0.1, -0.05) is 13.8 Å². The smallest absolute Gasteiger partial charge is 0.348 e. The number of carbonyl (C=O) groups excluding carboxylic acids is 2. The molecular weight excluding hydrogens is 354 g/mol. The maximum absolute atomic E-state index is 12.8. The molecule has 1 aliphatic heterocycles. The Bertz CT molecular complexity index is 894. The van der Waals surface area contributed by atoms with Crippen LogP contribution in [0, 0.1) is 12.8 Å². The zero-order chi connectivity index (χ0) is 18.8. The summed E-state index contributed by atoms with van der Waals surface area (Å²) in [6, 6.07) is 0. The molecule has 140 valence electrons. The van der Waals surface area contributed by atoms with E-state index in [4.69, 9.17) is 4.74 Å². The maximum atomic E-state index is 12.8. The summed E-state index contributed by atoms with van der Waals surface area (Å²) in [5, 5.41) is 0.392. The van der Waals surface area contributed by atoms with Gasteiger partial charge in [-0.25, -0.2) is 9.78 Å². The van der Waals surface area contributed by atoms with Crippen molar-refractivity contribution in [3.05, 3.63) is 27.1 Å². The van der Waals surface area contributed by atoms with Crippen molar-refractivity contribution in [1.82, 2.24) is 14.5 Å². The number of rotatable bonds is 5. The molecule has 1 fully saturated rings. The van der Waals surface area contributed by atoms with E-state index in [2.05, 4.69) is 4.98 Å². The quantitative estimate of drug-likeness (QED) is 0.746. The van der Waals surface area contributed by atoms with Crippen LogP contribution in [0.15, 0.2) is 11.1 Å². The average Bonchev–Trinajstić information content (AvgIpc) is 3.24. The van der Waals surface area contributed by atoms with Crippen molar-refractivity contribution in [2.75, 3.05) is 19.7 Å². The Morgan fingerprint density at radius 1 is 1.31 bits per heavy atom. The maximum Gasteiger partial charge on any atom is 0.348 e.